The van der Waals surface area contributed by atoms with Crippen molar-refractivity contribution in [3.63, 3.8) is 0 Å². The predicted octanol–water partition coefficient (Wildman–Crippen LogP) is 2.57. The lowest BCUT2D eigenvalue weighted by Crippen LogP contribution is -2.35. The van der Waals surface area contributed by atoms with Gasteiger partial charge >= 0.3 is 0 Å². The number of amides is 1. The third-order valence-corrected chi connectivity index (χ3v) is 3.03. The standard InChI is InChI=1S/C15H22N2O3/c1-4-11(3)16-15(18)10-20-13-8-6-12(7-9-13)14(5-2)17-19/h6-9,11,19H,4-5,10H2,1-3H3,(H,16,18)/b17-14+. The van der Waals surface area contributed by atoms with Crippen LogP contribution < -0.4 is 10.1 Å². The summed E-state index contributed by atoms with van der Waals surface area (Å²) in [6.07, 6.45) is 1.54. The van der Waals surface area contributed by atoms with Crippen molar-refractivity contribution >= 4 is 11.6 Å². The highest BCUT2D eigenvalue weighted by Gasteiger charge is 2.07. The second kappa shape index (κ2) is 8.19. The van der Waals surface area contributed by atoms with Crippen LogP contribution in [0.5, 0.6) is 5.75 Å². The number of hydrogen-bond donors (Lipinski definition) is 2. The Morgan fingerprint density at radius 2 is 2.00 bits per heavy atom. The van der Waals surface area contributed by atoms with Crippen molar-refractivity contribution in [1.29, 1.82) is 0 Å². The lowest BCUT2D eigenvalue weighted by atomic mass is 10.1. The van der Waals surface area contributed by atoms with Crippen LogP contribution in [0.15, 0.2) is 29.4 Å². The lowest BCUT2D eigenvalue weighted by Gasteiger charge is -2.12. The first-order chi connectivity index (χ1) is 9.60. The van der Waals surface area contributed by atoms with Gasteiger partial charge in [-0.15, -0.1) is 0 Å². The highest BCUT2D eigenvalue weighted by molar-refractivity contribution is 6.00. The molecule has 0 heterocycles. The van der Waals surface area contributed by atoms with Crippen LogP contribution in [-0.2, 0) is 4.79 Å². The molecule has 5 heteroatoms. The summed E-state index contributed by atoms with van der Waals surface area (Å²) < 4.78 is 5.40. The lowest BCUT2D eigenvalue weighted by molar-refractivity contribution is -0.123. The minimum absolute atomic E-state index is 0.00158. The number of benzene rings is 1. The van der Waals surface area contributed by atoms with Crippen LogP contribution in [0.4, 0.5) is 0 Å². The normalized spacial score (nSPS) is 12.8. The van der Waals surface area contributed by atoms with Crippen molar-refractivity contribution in [2.24, 2.45) is 5.16 Å². The largest absolute Gasteiger partial charge is 0.484 e. The van der Waals surface area contributed by atoms with Crippen molar-refractivity contribution in [2.75, 3.05) is 6.61 Å². The Balaban J connectivity index is 2.52. The molecule has 110 valence electrons. The Bertz CT molecular complexity index is 455. The Kier molecular flexibility index (Phi) is 6.56. The summed E-state index contributed by atoms with van der Waals surface area (Å²) in [5.74, 6) is 0.482. The van der Waals surface area contributed by atoms with E-state index < -0.39 is 0 Å². The molecule has 1 unspecified atom stereocenters. The van der Waals surface area contributed by atoms with Crippen LogP contribution in [0.1, 0.15) is 39.2 Å². The van der Waals surface area contributed by atoms with Gasteiger partial charge in [0.2, 0.25) is 0 Å². The van der Waals surface area contributed by atoms with E-state index in [1.54, 1.807) is 24.3 Å². The molecule has 0 aromatic heterocycles. The van der Waals surface area contributed by atoms with E-state index in [1.165, 1.54) is 0 Å². The van der Waals surface area contributed by atoms with Gasteiger partial charge in [-0.05, 0) is 49.6 Å². The van der Waals surface area contributed by atoms with Crippen molar-refractivity contribution in [3.05, 3.63) is 29.8 Å². The fourth-order valence-electron chi connectivity index (χ4n) is 1.64. The molecule has 0 spiro atoms. The molecule has 0 aliphatic carbocycles. The first-order valence-electron chi connectivity index (χ1n) is 6.84. The number of nitrogens with zero attached hydrogens (tertiary/aromatic N) is 1. The molecule has 1 atom stereocenters. The van der Waals surface area contributed by atoms with Crippen molar-refractivity contribution < 1.29 is 14.7 Å². The van der Waals surface area contributed by atoms with Gasteiger partial charge in [-0.3, -0.25) is 4.79 Å². The van der Waals surface area contributed by atoms with Gasteiger partial charge in [0.25, 0.3) is 5.91 Å². The second-order valence-electron chi connectivity index (χ2n) is 4.59. The summed E-state index contributed by atoms with van der Waals surface area (Å²) in [4.78, 5) is 11.6. The minimum Gasteiger partial charge on any atom is -0.484 e. The number of oxime groups is 1. The molecule has 0 aliphatic rings. The fraction of sp³-hybridized carbons (Fsp3) is 0.467. The van der Waals surface area contributed by atoms with Crippen LogP contribution >= 0.6 is 0 Å². The molecule has 0 saturated carbocycles. The average Bonchev–Trinajstić information content (AvgIpc) is 2.47. The van der Waals surface area contributed by atoms with Gasteiger partial charge in [-0.2, -0.15) is 0 Å². The zero-order valence-electron chi connectivity index (χ0n) is 12.2. The zero-order valence-corrected chi connectivity index (χ0v) is 12.2. The monoisotopic (exact) mass is 278 g/mol. The van der Waals surface area contributed by atoms with Gasteiger partial charge < -0.3 is 15.3 Å². The van der Waals surface area contributed by atoms with Gasteiger partial charge in [0.1, 0.15) is 5.75 Å². The molecule has 0 radical (unpaired) electrons. The molecule has 20 heavy (non-hydrogen) atoms. The Labute approximate surface area is 119 Å². The van der Waals surface area contributed by atoms with Crippen LogP contribution in [0, 0.1) is 0 Å². The molecule has 1 amide bonds. The van der Waals surface area contributed by atoms with Gasteiger partial charge in [0.15, 0.2) is 6.61 Å². The molecular formula is C15H22N2O3. The van der Waals surface area contributed by atoms with Crippen molar-refractivity contribution in [3.8, 4) is 5.75 Å². The molecule has 2 N–H and O–H groups in total. The maximum Gasteiger partial charge on any atom is 0.258 e. The third-order valence-electron chi connectivity index (χ3n) is 3.03. The van der Waals surface area contributed by atoms with Crippen LogP contribution in [0.25, 0.3) is 0 Å². The van der Waals surface area contributed by atoms with E-state index in [4.69, 9.17) is 9.94 Å². The number of rotatable bonds is 7. The van der Waals surface area contributed by atoms with Crippen molar-refractivity contribution in [2.45, 2.75) is 39.7 Å². The van der Waals surface area contributed by atoms with Crippen LogP contribution in [0.2, 0.25) is 0 Å². The van der Waals surface area contributed by atoms with E-state index in [-0.39, 0.29) is 18.6 Å². The molecule has 0 fully saturated rings. The fourth-order valence-corrected chi connectivity index (χ4v) is 1.64. The quantitative estimate of drug-likeness (QED) is 0.457. The number of ether oxygens (including phenoxy) is 1. The number of carbonyl (C=O) groups excluding carboxylic acids is 1. The van der Waals surface area contributed by atoms with E-state index in [2.05, 4.69) is 10.5 Å². The Morgan fingerprint density at radius 1 is 1.35 bits per heavy atom. The summed E-state index contributed by atoms with van der Waals surface area (Å²) in [6, 6.07) is 7.28. The van der Waals surface area contributed by atoms with Gasteiger partial charge in [0.05, 0.1) is 5.71 Å². The van der Waals surface area contributed by atoms with Gasteiger partial charge in [-0.25, -0.2) is 0 Å². The number of nitrogens with one attached hydrogen (secondary N) is 1. The molecule has 0 bridgehead atoms. The molecule has 5 nitrogen and oxygen atoms in total. The maximum atomic E-state index is 11.6. The highest BCUT2D eigenvalue weighted by atomic mass is 16.5. The van der Waals surface area contributed by atoms with E-state index in [1.807, 2.05) is 20.8 Å². The SMILES string of the molecule is CC/C(=N\O)c1ccc(OCC(=O)NC(C)CC)cc1. The van der Waals surface area contributed by atoms with E-state index in [0.29, 0.717) is 17.9 Å². The van der Waals surface area contributed by atoms with Crippen LogP contribution in [0.3, 0.4) is 0 Å². The summed E-state index contributed by atoms with van der Waals surface area (Å²) in [5.41, 5.74) is 1.46. The molecule has 0 aliphatic heterocycles. The smallest absolute Gasteiger partial charge is 0.258 e. The summed E-state index contributed by atoms with van der Waals surface area (Å²) in [7, 11) is 0. The Morgan fingerprint density at radius 3 is 2.50 bits per heavy atom. The minimum atomic E-state index is -0.130. The number of carbonyl (C=O) groups is 1. The van der Waals surface area contributed by atoms with E-state index in [0.717, 1.165) is 12.0 Å². The molecule has 1 rings (SSSR count). The first-order valence-corrected chi connectivity index (χ1v) is 6.84. The molecule has 0 saturated heterocycles. The van der Waals surface area contributed by atoms with Crippen LogP contribution in [-0.4, -0.2) is 29.5 Å². The second-order valence-corrected chi connectivity index (χ2v) is 4.59. The highest BCUT2D eigenvalue weighted by Crippen LogP contribution is 2.13. The summed E-state index contributed by atoms with van der Waals surface area (Å²) in [5, 5.41) is 14.9. The number of hydrogen-bond acceptors (Lipinski definition) is 4. The topological polar surface area (TPSA) is 70.9 Å². The molecule has 1 aromatic carbocycles. The van der Waals surface area contributed by atoms with E-state index >= 15 is 0 Å². The average molecular weight is 278 g/mol. The zero-order chi connectivity index (χ0) is 15.0. The van der Waals surface area contributed by atoms with E-state index in [9.17, 15) is 4.79 Å². The van der Waals surface area contributed by atoms with Gasteiger partial charge in [0, 0.05) is 6.04 Å². The molecular weight excluding hydrogens is 256 g/mol. The first kappa shape index (κ1) is 16.0. The maximum absolute atomic E-state index is 11.6. The van der Waals surface area contributed by atoms with Gasteiger partial charge in [-0.1, -0.05) is 19.0 Å². The third kappa shape index (κ3) is 4.91. The van der Waals surface area contributed by atoms with Crippen molar-refractivity contribution in [1.82, 2.24) is 5.32 Å². The predicted molar refractivity (Wildman–Crippen MR) is 78.4 cm³/mol. The molecule has 1 aromatic rings. The summed E-state index contributed by atoms with van der Waals surface area (Å²) in [6.45, 7) is 5.88. The summed E-state index contributed by atoms with van der Waals surface area (Å²) >= 11 is 0. The Hall–Kier alpha value is -2.04.